The molecule has 0 bridgehead atoms. The number of carbonyl (C=O) groups is 2. The van der Waals surface area contributed by atoms with Crippen LogP contribution in [0.3, 0.4) is 0 Å². The zero-order valence-electron chi connectivity index (χ0n) is 10.3. The number of phenolic OH excluding ortho intramolecular Hbond substituents is 1. The van der Waals surface area contributed by atoms with E-state index in [1.807, 2.05) is 0 Å². The van der Waals surface area contributed by atoms with Crippen molar-refractivity contribution in [3.8, 4) is 5.75 Å². The van der Waals surface area contributed by atoms with Gasteiger partial charge in [0.1, 0.15) is 17.1 Å². The van der Waals surface area contributed by atoms with E-state index in [1.54, 1.807) is 6.07 Å². The van der Waals surface area contributed by atoms with Gasteiger partial charge in [0.2, 0.25) is 0 Å². The Bertz CT molecular complexity index is 443. The number of hydrogen-bond acceptors (Lipinski definition) is 5. The number of methoxy groups -OCH3 is 1. The molecule has 0 heterocycles. The number of hydrogen-bond donors (Lipinski definition) is 2. The van der Waals surface area contributed by atoms with Crippen LogP contribution in [0, 0.1) is 0 Å². The standard InChI is InChI=1S/C13H17NO4/c1-18-13(17)11-8-9(4-5-12(11)16)7-10(15)3-2-6-14/h4-5,8,16H,2-3,6-7,14H2,1H3. The maximum Gasteiger partial charge on any atom is 0.341 e. The fraction of sp³-hybridized carbons (Fsp3) is 0.385. The van der Waals surface area contributed by atoms with Gasteiger partial charge in [0.05, 0.1) is 7.11 Å². The fourth-order valence-corrected chi connectivity index (χ4v) is 1.58. The van der Waals surface area contributed by atoms with Crippen LogP contribution in [0.25, 0.3) is 0 Å². The number of carbonyl (C=O) groups excluding carboxylic acids is 2. The van der Waals surface area contributed by atoms with Gasteiger partial charge in [0.25, 0.3) is 0 Å². The molecule has 98 valence electrons. The molecule has 0 aliphatic carbocycles. The van der Waals surface area contributed by atoms with Gasteiger partial charge in [-0.25, -0.2) is 4.79 Å². The van der Waals surface area contributed by atoms with Crippen LogP contribution in [0.4, 0.5) is 0 Å². The smallest absolute Gasteiger partial charge is 0.341 e. The Balaban J connectivity index is 2.79. The second kappa shape index (κ2) is 6.76. The second-order valence-corrected chi connectivity index (χ2v) is 3.95. The van der Waals surface area contributed by atoms with E-state index >= 15 is 0 Å². The summed E-state index contributed by atoms with van der Waals surface area (Å²) < 4.78 is 4.54. The lowest BCUT2D eigenvalue weighted by Crippen LogP contribution is -2.08. The molecule has 1 aromatic rings. The quantitative estimate of drug-likeness (QED) is 0.737. The normalized spacial score (nSPS) is 10.1. The van der Waals surface area contributed by atoms with E-state index in [2.05, 4.69) is 4.74 Å². The predicted molar refractivity (Wildman–Crippen MR) is 66.4 cm³/mol. The number of aromatic hydroxyl groups is 1. The Morgan fingerprint density at radius 2 is 2.11 bits per heavy atom. The van der Waals surface area contributed by atoms with E-state index in [4.69, 9.17) is 5.73 Å². The van der Waals surface area contributed by atoms with Crippen molar-refractivity contribution in [1.29, 1.82) is 0 Å². The van der Waals surface area contributed by atoms with Gasteiger partial charge < -0.3 is 15.6 Å². The van der Waals surface area contributed by atoms with Crippen LogP contribution in [0.1, 0.15) is 28.8 Å². The highest BCUT2D eigenvalue weighted by Crippen LogP contribution is 2.20. The molecule has 0 aliphatic rings. The van der Waals surface area contributed by atoms with Crippen LogP contribution in [0.15, 0.2) is 18.2 Å². The molecular formula is C13H17NO4. The van der Waals surface area contributed by atoms with Crippen molar-refractivity contribution in [2.45, 2.75) is 19.3 Å². The molecule has 0 aliphatic heterocycles. The monoisotopic (exact) mass is 251 g/mol. The van der Waals surface area contributed by atoms with E-state index < -0.39 is 5.97 Å². The molecule has 0 radical (unpaired) electrons. The van der Waals surface area contributed by atoms with E-state index in [-0.39, 0.29) is 23.5 Å². The summed E-state index contributed by atoms with van der Waals surface area (Å²) in [4.78, 5) is 22.9. The van der Waals surface area contributed by atoms with Crippen molar-refractivity contribution in [1.82, 2.24) is 0 Å². The number of nitrogens with two attached hydrogens (primary N) is 1. The van der Waals surface area contributed by atoms with Crippen LogP contribution in [0.5, 0.6) is 5.75 Å². The van der Waals surface area contributed by atoms with Gasteiger partial charge in [0, 0.05) is 12.8 Å². The first kappa shape index (κ1) is 14.2. The SMILES string of the molecule is COC(=O)c1cc(CC(=O)CCCN)ccc1O. The average molecular weight is 251 g/mol. The van der Waals surface area contributed by atoms with E-state index in [9.17, 15) is 14.7 Å². The third-order valence-corrected chi connectivity index (χ3v) is 2.53. The number of ketones is 1. The maximum atomic E-state index is 11.6. The number of Topliss-reactive ketones (excluding diaryl/α,β-unsaturated/α-hetero) is 1. The minimum Gasteiger partial charge on any atom is -0.507 e. The molecule has 0 atom stereocenters. The topological polar surface area (TPSA) is 89.6 Å². The molecule has 18 heavy (non-hydrogen) atoms. The molecule has 0 spiro atoms. The van der Waals surface area contributed by atoms with Crippen LogP contribution in [-0.4, -0.2) is 30.5 Å². The summed E-state index contributed by atoms with van der Waals surface area (Å²) in [6, 6.07) is 4.47. The summed E-state index contributed by atoms with van der Waals surface area (Å²) in [6.45, 7) is 0.481. The zero-order chi connectivity index (χ0) is 13.5. The highest BCUT2D eigenvalue weighted by atomic mass is 16.5. The molecule has 0 saturated heterocycles. The average Bonchev–Trinajstić information content (AvgIpc) is 2.37. The highest BCUT2D eigenvalue weighted by Gasteiger charge is 2.13. The lowest BCUT2D eigenvalue weighted by molar-refractivity contribution is -0.118. The lowest BCUT2D eigenvalue weighted by atomic mass is 10.0. The van der Waals surface area contributed by atoms with Crippen molar-refractivity contribution in [2.75, 3.05) is 13.7 Å². The highest BCUT2D eigenvalue weighted by molar-refractivity contribution is 5.93. The lowest BCUT2D eigenvalue weighted by Gasteiger charge is -2.06. The molecule has 5 nitrogen and oxygen atoms in total. The Kier molecular flexibility index (Phi) is 5.32. The Morgan fingerprint density at radius 1 is 1.39 bits per heavy atom. The van der Waals surface area contributed by atoms with Crippen LogP contribution < -0.4 is 5.73 Å². The molecule has 0 fully saturated rings. The summed E-state index contributed by atoms with van der Waals surface area (Å²) >= 11 is 0. The Labute approximate surface area is 106 Å². The van der Waals surface area contributed by atoms with Gasteiger partial charge >= 0.3 is 5.97 Å². The van der Waals surface area contributed by atoms with Gasteiger partial charge in [0.15, 0.2) is 0 Å². The minimum absolute atomic E-state index is 0.0574. The van der Waals surface area contributed by atoms with Crippen LogP contribution in [-0.2, 0) is 16.0 Å². The summed E-state index contributed by atoms with van der Waals surface area (Å²) in [6.07, 6.45) is 1.30. The molecule has 5 heteroatoms. The first-order chi connectivity index (χ1) is 8.58. The van der Waals surface area contributed by atoms with Gasteiger partial charge in [-0.2, -0.15) is 0 Å². The van der Waals surface area contributed by atoms with Crippen molar-refractivity contribution in [2.24, 2.45) is 5.73 Å². The van der Waals surface area contributed by atoms with E-state index in [0.717, 1.165) is 0 Å². The Morgan fingerprint density at radius 3 is 2.72 bits per heavy atom. The Hall–Kier alpha value is -1.88. The molecule has 1 aromatic carbocycles. The number of benzene rings is 1. The first-order valence-electron chi connectivity index (χ1n) is 5.70. The van der Waals surface area contributed by atoms with Crippen molar-refractivity contribution >= 4 is 11.8 Å². The van der Waals surface area contributed by atoms with Gasteiger partial charge in [-0.15, -0.1) is 0 Å². The van der Waals surface area contributed by atoms with Crippen molar-refractivity contribution in [3.05, 3.63) is 29.3 Å². The van der Waals surface area contributed by atoms with E-state index in [1.165, 1.54) is 19.2 Å². The number of rotatable bonds is 6. The zero-order valence-corrected chi connectivity index (χ0v) is 10.3. The molecule has 0 amide bonds. The molecule has 0 aromatic heterocycles. The number of esters is 1. The fourth-order valence-electron chi connectivity index (χ4n) is 1.58. The third kappa shape index (κ3) is 3.85. The molecule has 3 N–H and O–H groups in total. The summed E-state index contributed by atoms with van der Waals surface area (Å²) in [5, 5.41) is 9.51. The van der Waals surface area contributed by atoms with Crippen LogP contribution >= 0.6 is 0 Å². The van der Waals surface area contributed by atoms with Crippen LogP contribution in [0.2, 0.25) is 0 Å². The molecular weight excluding hydrogens is 234 g/mol. The van der Waals surface area contributed by atoms with Gasteiger partial charge in [-0.3, -0.25) is 4.79 Å². The molecule has 1 rings (SSSR count). The third-order valence-electron chi connectivity index (χ3n) is 2.53. The molecule has 0 saturated carbocycles. The first-order valence-corrected chi connectivity index (χ1v) is 5.70. The summed E-state index contributed by atoms with van der Waals surface area (Å²) in [7, 11) is 1.24. The molecule has 0 unspecified atom stereocenters. The summed E-state index contributed by atoms with van der Waals surface area (Å²) in [5.74, 6) is -0.717. The van der Waals surface area contributed by atoms with Crippen molar-refractivity contribution < 1.29 is 19.4 Å². The van der Waals surface area contributed by atoms with Gasteiger partial charge in [-0.1, -0.05) is 6.07 Å². The predicted octanol–water partition coefficient (Wildman–Crippen LogP) is 1.03. The number of ether oxygens (including phenoxy) is 1. The largest absolute Gasteiger partial charge is 0.507 e. The maximum absolute atomic E-state index is 11.6. The minimum atomic E-state index is -0.622. The number of phenols is 1. The summed E-state index contributed by atoms with van der Waals surface area (Å²) in [5.41, 5.74) is 6.07. The van der Waals surface area contributed by atoms with E-state index in [0.29, 0.717) is 24.9 Å². The van der Waals surface area contributed by atoms with Crippen molar-refractivity contribution in [3.63, 3.8) is 0 Å². The second-order valence-electron chi connectivity index (χ2n) is 3.95. The van der Waals surface area contributed by atoms with Gasteiger partial charge in [-0.05, 0) is 30.7 Å².